The van der Waals surface area contributed by atoms with Crippen molar-refractivity contribution in [2.24, 2.45) is 0 Å². The van der Waals surface area contributed by atoms with Gasteiger partial charge in [-0.3, -0.25) is 5.32 Å². The predicted molar refractivity (Wildman–Crippen MR) is 568 cm³/mol. The van der Waals surface area contributed by atoms with Crippen molar-refractivity contribution in [2.75, 3.05) is 179 Å². The van der Waals surface area contributed by atoms with Gasteiger partial charge >= 0.3 is 24.1 Å². The number of H-pyrrole nitrogens is 1. The van der Waals surface area contributed by atoms with E-state index in [1.165, 1.54) is 36.6 Å². The number of imidazole rings is 1. The first-order valence-corrected chi connectivity index (χ1v) is 47.4. The van der Waals surface area contributed by atoms with Crippen molar-refractivity contribution in [3.63, 3.8) is 0 Å². The molecule has 17 aromatic rings. The van der Waals surface area contributed by atoms with E-state index in [1.807, 2.05) is 277 Å². The van der Waals surface area contributed by atoms with Crippen molar-refractivity contribution in [1.82, 2.24) is 84.5 Å². The number of carbonyl (C=O) groups excluding carboxylic acids is 4. The number of fused-ring (bicyclic) bond motifs is 4. The van der Waals surface area contributed by atoms with Gasteiger partial charge in [-0.05, 0) is 225 Å². The predicted octanol–water partition coefficient (Wildman–Crippen LogP) is 18.7. The zero-order valence-corrected chi connectivity index (χ0v) is 81.3. The summed E-state index contributed by atoms with van der Waals surface area (Å²) in [7, 11) is 13.8. The lowest BCUT2D eigenvalue weighted by atomic mass is 10.1. The highest BCUT2D eigenvalue weighted by atomic mass is 32.1. The fourth-order valence-corrected chi connectivity index (χ4v) is 15.1. The standard InChI is InChI=1S/C28H31N9O2S.C28H33N7O3.C27H31N7O2.C22H20N6O/c1-37(2)15-6-16-39-21-11-9-19(10-12-21)24-34-23-25(31-18-32-26(23)35-24)29-14-13-22-17-30-28(40-22)36-27(38)33-20-7-4-3-5-8-20;1-35(2)16-7-17-38-27-24(37-3)18-23-25(30-19-31-26(23)34-27)29-15-14-20-10-12-22(13-11-20)33-28(36)32-21-8-5-4-6-9-21;1-34(2)17-6-18-36-24-14-13-23-25(29-19-30-26(23)33-24)28-16-15-20-9-11-22(12-10-20)32-27(35)31-21-7-4-3-5-8-21;29-22(27-17-5-2-1-3-6-17)28-18-10-8-16(9-11-18)12-14-24-21-19-7-4-13-23-20(19)25-15-26-21/h3-5,7-12,17-18H,6,13-16H2,1-2H3,(H2,30,33,36,38)(H2,29,31,32,34,35);4-6,8-13,18-19H,7,14-17H2,1-3H3,(H2,32,33,36)(H,29,30,31,34);3-5,7-14,19H,6,15-18H2,1-2H3,(H2,31,32,35)(H,28,29,30,33);1-11,13,15H,12,14H2,(H2,27,28,29)(H,23,24,25,26). The maximum Gasteiger partial charge on any atom is 0.325 e. The first-order valence-electron chi connectivity index (χ1n) is 46.6. The van der Waals surface area contributed by atoms with E-state index in [9.17, 15) is 19.2 Å². The van der Waals surface area contributed by atoms with Crippen LogP contribution in [0.4, 0.5) is 87.4 Å². The van der Waals surface area contributed by atoms with E-state index in [1.54, 1.807) is 19.5 Å². The van der Waals surface area contributed by atoms with E-state index in [0.717, 1.165) is 171 Å². The largest absolute Gasteiger partial charge is 0.494 e. The van der Waals surface area contributed by atoms with Gasteiger partial charge < -0.3 is 97.1 Å². The number of pyridine rings is 3. The molecule has 0 fully saturated rings. The number of carbonyl (C=O) groups is 4. The van der Waals surface area contributed by atoms with Crippen molar-refractivity contribution < 1.29 is 38.1 Å². The summed E-state index contributed by atoms with van der Waals surface area (Å²) in [6, 6.07) is 76.7. The van der Waals surface area contributed by atoms with Crippen LogP contribution >= 0.6 is 11.3 Å². The summed E-state index contributed by atoms with van der Waals surface area (Å²) in [4.78, 5) is 116. The van der Waals surface area contributed by atoms with Gasteiger partial charge in [-0.1, -0.05) is 109 Å². The Labute approximate surface area is 832 Å². The van der Waals surface area contributed by atoms with Crippen LogP contribution in [0, 0.1) is 0 Å². The molecule has 0 atom stereocenters. The number of methoxy groups -OCH3 is 1. The lowest BCUT2D eigenvalue weighted by Crippen LogP contribution is -2.19. The van der Waals surface area contributed by atoms with Crippen molar-refractivity contribution in [1.29, 1.82) is 0 Å². The minimum Gasteiger partial charge on any atom is -0.494 e. The molecule has 0 aliphatic heterocycles. The van der Waals surface area contributed by atoms with Crippen LogP contribution in [0.25, 0.3) is 55.7 Å². The van der Waals surface area contributed by atoms with Crippen LogP contribution in [0.2, 0.25) is 0 Å². The van der Waals surface area contributed by atoms with Gasteiger partial charge in [0, 0.05) is 127 Å². The molecule has 8 amide bonds. The first kappa shape index (κ1) is 102. The van der Waals surface area contributed by atoms with Gasteiger partial charge in [0.2, 0.25) is 5.88 Å². The van der Waals surface area contributed by atoms with Gasteiger partial charge in [0.1, 0.15) is 59.9 Å². The third-order valence-corrected chi connectivity index (χ3v) is 22.4. The SMILES string of the molecule is CN(C)CCCOc1ccc(-c2nc3ncnc(NCCc4cnc(NC(=O)Nc5ccccc5)s4)c3[nH]2)cc1.CN(C)CCCOc1ccc2c(NCCc3ccc(NC(=O)Nc4ccccc4)cc3)ncnc2n1.COc1cc2c(NCCc3ccc(NC(=O)Nc4ccccc4)cc3)ncnc2nc1OCCCN(C)C.O=C(Nc1ccccc1)Nc1ccc(CCNc2ncnc3ncccc23)cc1. The fraction of sp³-hybridized carbons (Fsp3) is 0.229. The van der Waals surface area contributed by atoms with E-state index in [4.69, 9.17) is 18.9 Å². The van der Waals surface area contributed by atoms with Crippen LogP contribution < -0.4 is 82.7 Å². The highest BCUT2D eigenvalue weighted by Crippen LogP contribution is 2.33. The number of amides is 8. The molecular weight excluding hydrogens is 1830 g/mol. The van der Waals surface area contributed by atoms with E-state index in [2.05, 4.69) is 162 Å². The van der Waals surface area contributed by atoms with Gasteiger partial charge in [-0.15, -0.1) is 11.3 Å². The molecule has 13 N–H and O–H groups in total. The van der Waals surface area contributed by atoms with Crippen LogP contribution in [-0.4, -0.2) is 224 Å². The van der Waals surface area contributed by atoms with Crippen molar-refractivity contribution >= 4 is 148 Å². The summed E-state index contributed by atoms with van der Waals surface area (Å²) in [5.41, 5.74) is 12.6. The Bertz CT molecular complexity index is 6870. The monoisotopic (exact) mass is 1940 g/mol. The minimum atomic E-state index is -0.328. The van der Waals surface area contributed by atoms with E-state index < -0.39 is 0 Å². The van der Waals surface area contributed by atoms with Crippen LogP contribution in [0.3, 0.4) is 0 Å². The number of nitrogens with one attached hydrogen (secondary N) is 13. The number of rotatable bonds is 41. The number of hydrogen-bond acceptors (Lipinski definition) is 29. The number of aromatic amines is 1. The normalized spacial score (nSPS) is 10.8. The van der Waals surface area contributed by atoms with Crippen molar-refractivity contribution in [3.8, 4) is 34.6 Å². The highest BCUT2D eigenvalue weighted by Gasteiger charge is 2.19. The summed E-state index contributed by atoms with van der Waals surface area (Å²) >= 11 is 1.43. The number of benzene rings is 8. The molecule has 0 bridgehead atoms. The molecule has 8 aromatic carbocycles. The highest BCUT2D eigenvalue weighted by molar-refractivity contribution is 7.15. The molecular formula is C105H115N29O8S. The molecule has 0 aliphatic rings. The van der Waals surface area contributed by atoms with Crippen LogP contribution in [-0.2, 0) is 25.7 Å². The Hall–Kier alpha value is -17.2. The molecule has 0 aliphatic carbocycles. The summed E-state index contributed by atoms with van der Waals surface area (Å²) in [6.45, 7) is 7.39. The maximum absolute atomic E-state index is 12.2. The molecule has 0 radical (unpaired) electrons. The number of para-hydroxylation sites is 4. The van der Waals surface area contributed by atoms with Gasteiger partial charge in [-0.25, -0.2) is 74.0 Å². The van der Waals surface area contributed by atoms with Gasteiger partial charge in [0.25, 0.3) is 5.88 Å². The first-order chi connectivity index (χ1) is 69.9. The Balaban J connectivity index is 0.000000152. The fourth-order valence-electron chi connectivity index (χ4n) is 14.3. The molecule has 0 saturated heterocycles. The number of urea groups is 4. The number of ether oxygens (including phenoxy) is 4. The average Bonchev–Trinajstić information content (AvgIpc) is 1.16. The number of hydrogen-bond donors (Lipinski definition) is 13. The zero-order chi connectivity index (χ0) is 99.5. The summed E-state index contributed by atoms with van der Waals surface area (Å²) in [6.07, 6.45) is 15.4. The molecule has 0 unspecified atom stereocenters. The Morgan fingerprint density at radius 1 is 0.350 bits per heavy atom. The Kier molecular flexibility index (Phi) is 38.1. The number of anilines is 12. The second-order valence-electron chi connectivity index (χ2n) is 33.2. The quantitative estimate of drug-likeness (QED) is 0.0158. The molecule has 9 aromatic heterocycles. The number of aromatic nitrogens is 14. The topological polar surface area (TPSA) is 443 Å². The molecule has 17 rings (SSSR count). The van der Waals surface area contributed by atoms with Crippen LogP contribution in [0.1, 0.15) is 40.8 Å². The third kappa shape index (κ3) is 33.0. The van der Waals surface area contributed by atoms with Crippen molar-refractivity contribution in [2.45, 2.75) is 44.9 Å². The lowest BCUT2D eigenvalue weighted by molar-refractivity contribution is 0.260. The summed E-state index contributed by atoms with van der Waals surface area (Å²) in [5, 5.41) is 39.0. The molecule has 37 nitrogen and oxygen atoms in total. The van der Waals surface area contributed by atoms with E-state index in [0.29, 0.717) is 109 Å². The molecule has 0 spiro atoms. The maximum atomic E-state index is 12.2. The molecule has 9 heterocycles. The number of nitrogens with zero attached hydrogens (tertiary/aromatic N) is 16. The Morgan fingerprint density at radius 2 is 0.748 bits per heavy atom. The van der Waals surface area contributed by atoms with E-state index >= 15 is 0 Å². The average molecular weight is 1940 g/mol. The summed E-state index contributed by atoms with van der Waals surface area (Å²) in [5.74, 6) is 5.95. The Morgan fingerprint density at radius 3 is 1.22 bits per heavy atom. The second-order valence-corrected chi connectivity index (χ2v) is 34.3. The smallest absolute Gasteiger partial charge is 0.325 e. The number of thiazole rings is 1. The van der Waals surface area contributed by atoms with Gasteiger partial charge in [0.05, 0.1) is 43.1 Å². The van der Waals surface area contributed by atoms with E-state index in [-0.39, 0.29) is 24.1 Å². The minimum absolute atomic E-state index is 0.269. The van der Waals surface area contributed by atoms with Gasteiger partial charge in [-0.2, -0.15) is 9.97 Å². The molecule has 734 valence electrons. The molecule has 0 saturated carbocycles. The van der Waals surface area contributed by atoms with Crippen LogP contribution in [0.15, 0.2) is 286 Å². The molecule has 38 heteroatoms. The zero-order valence-electron chi connectivity index (χ0n) is 80.5. The van der Waals surface area contributed by atoms with Crippen LogP contribution in [0.5, 0.6) is 23.3 Å². The third-order valence-electron chi connectivity index (χ3n) is 21.4. The van der Waals surface area contributed by atoms with Gasteiger partial charge in [0.15, 0.2) is 39.3 Å². The molecule has 143 heavy (non-hydrogen) atoms. The summed E-state index contributed by atoms with van der Waals surface area (Å²) < 4.78 is 23.0. The second kappa shape index (κ2) is 53.6. The van der Waals surface area contributed by atoms with Crippen molar-refractivity contribution in [3.05, 3.63) is 308 Å². The lowest BCUT2D eigenvalue weighted by Gasteiger charge is -2.14.